The molecule has 1 aromatic carbocycles. The van der Waals surface area contributed by atoms with Crippen LogP contribution in [0.25, 0.3) is 0 Å². The Morgan fingerprint density at radius 2 is 1.72 bits per heavy atom. The summed E-state index contributed by atoms with van der Waals surface area (Å²) >= 11 is 0. The summed E-state index contributed by atoms with van der Waals surface area (Å²) in [5, 5.41) is 4.80. The third kappa shape index (κ3) is 4.56. The van der Waals surface area contributed by atoms with Crippen molar-refractivity contribution in [2.45, 2.75) is 19.8 Å². The van der Waals surface area contributed by atoms with Crippen LogP contribution in [0.5, 0.6) is 0 Å². The Morgan fingerprint density at radius 3 is 2.40 bits per heavy atom. The van der Waals surface area contributed by atoms with Crippen molar-refractivity contribution in [2.75, 3.05) is 11.9 Å². The van der Waals surface area contributed by atoms with Gasteiger partial charge in [0.1, 0.15) is 0 Å². The van der Waals surface area contributed by atoms with Crippen LogP contribution in [0.2, 0.25) is 0 Å². The monoisotopic (exact) mass is 351 g/mol. The lowest BCUT2D eigenvalue weighted by molar-refractivity contribution is 0.0952. The van der Waals surface area contributed by atoms with E-state index in [4.69, 9.17) is 0 Å². The Kier molecular flexibility index (Phi) is 6.10. The number of carbonyl (C=O) groups excluding carboxylic acids is 2. The van der Waals surface area contributed by atoms with Crippen molar-refractivity contribution in [2.24, 2.45) is 0 Å². The van der Waals surface area contributed by atoms with Crippen LogP contribution in [-0.2, 0) is 0 Å². The molecule has 0 bridgehead atoms. The normalized spacial score (nSPS) is 10.4. The first-order chi connectivity index (χ1) is 11.9. The number of hydrogen-bond acceptors (Lipinski definition) is 3. The molecule has 0 saturated carbocycles. The number of anilines is 1. The number of halogens is 3. The molecule has 0 unspecified atom stereocenters. The summed E-state index contributed by atoms with van der Waals surface area (Å²) in [4.78, 5) is 27.9. The molecule has 0 fully saturated rings. The van der Waals surface area contributed by atoms with E-state index in [2.05, 4.69) is 15.6 Å². The van der Waals surface area contributed by atoms with Gasteiger partial charge in [-0.2, -0.15) is 0 Å². The summed E-state index contributed by atoms with van der Waals surface area (Å²) in [6.45, 7) is 2.47. The summed E-state index contributed by atoms with van der Waals surface area (Å²) in [5.41, 5.74) is -0.372. The third-order valence-corrected chi connectivity index (χ3v) is 3.36. The van der Waals surface area contributed by atoms with Gasteiger partial charge in [-0.3, -0.25) is 14.6 Å². The lowest BCUT2D eigenvalue weighted by atomic mass is 10.1. The quantitative estimate of drug-likeness (QED) is 0.620. The van der Waals surface area contributed by atoms with E-state index in [0.717, 1.165) is 18.9 Å². The number of hydrogen-bond donors (Lipinski definition) is 2. The number of nitrogens with zero attached hydrogens (tertiary/aromatic N) is 1. The van der Waals surface area contributed by atoms with E-state index in [-0.39, 0.29) is 11.1 Å². The minimum absolute atomic E-state index is 0.0210. The van der Waals surface area contributed by atoms with Crippen LogP contribution in [0.4, 0.5) is 18.9 Å². The van der Waals surface area contributed by atoms with Gasteiger partial charge < -0.3 is 10.6 Å². The van der Waals surface area contributed by atoms with Crippen LogP contribution in [0.3, 0.4) is 0 Å². The minimum Gasteiger partial charge on any atom is -0.352 e. The molecule has 0 atom stereocenters. The molecule has 8 heteroatoms. The van der Waals surface area contributed by atoms with Crippen LogP contribution >= 0.6 is 0 Å². The van der Waals surface area contributed by atoms with E-state index in [1.54, 1.807) is 0 Å². The van der Waals surface area contributed by atoms with E-state index < -0.39 is 35.0 Å². The van der Waals surface area contributed by atoms with Gasteiger partial charge in [-0.25, -0.2) is 13.2 Å². The summed E-state index contributed by atoms with van der Waals surface area (Å²) in [6.07, 6.45) is 4.20. The molecule has 0 aliphatic heterocycles. The second-order valence-corrected chi connectivity index (χ2v) is 5.25. The highest BCUT2D eigenvalue weighted by Gasteiger charge is 2.17. The number of pyridine rings is 1. The van der Waals surface area contributed by atoms with E-state index in [0.29, 0.717) is 12.6 Å². The molecule has 25 heavy (non-hydrogen) atoms. The fraction of sp³-hybridized carbons (Fsp3) is 0.235. The third-order valence-electron chi connectivity index (χ3n) is 3.36. The second-order valence-electron chi connectivity index (χ2n) is 5.25. The predicted octanol–water partition coefficient (Wildman–Crippen LogP) is 3.28. The first-order valence-electron chi connectivity index (χ1n) is 7.62. The van der Waals surface area contributed by atoms with Gasteiger partial charge in [0, 0.05) is 18.9 Å². The average Bonchev–Trinajstić information content (AvgIpc) is 2.62. The van der Waals surface area contributed by atoms with Gasteiger partial charge in [0.2, 0.25) is 0 Å². The molecule has 2 aromatic rings. The molecule has 5 nitrogen and oxygen atoms in total. The number of amides is 2. The minimum atomic E-state index is -1.68. The zero-order valence-corrected chi connectivity index (χ0v) is 13.4. The summed E-state index contributed by atoms with van der Waals surface area (Å²) in [6, 6.07) is 2.88. The first-order valence-corrected chi connectivity index (χ1v) is 7.62. The van der Waals surface area contributed by atoms with Crippen LogP contribution in [-0.4, -0.2) is 23.3 Å². The fourth-order valence-electron chi connectivity index (χ4n) is 1.99. The largest absolute Gasteiger partial charge is 0.352 e. The topological polar surface area (TPSA) is 71.1 Å². The van der Waals surface area contributed by atoms with E-state index in [1.165, 1.54) is 18.5 Å². The number of nitrogens with one attached hydrogen (secondary N) is 2. The molecule has 2 N–H and O–H groups in total. The number of rotatable bonds is 6. The van der Waals surface area contributed by atoms with E-state index >= 15 is 0 Å². The Labute approximate surface area is 142 Å². The Bertz CT molecular complexity index is 797. The zero-order valence-electron chi connectivity index (χ0n) is 13.4. The summed E-state index contributed by atoms with van der Waals surface area (Å²) < 4.78 is 39.7. The second kappa shape index (κ2) is 8.27. The maximum atomic E-state index is 13.6. The fourth-order valence-corrected chi connectivity index (χ4v) is 1.99. The SMILES string of the molecule is CCCCNC(=O)c1cncc(C(=O)Nc2ccc(F)c(F)c2F)c1. The van der Waals surface area contributed by atoms with Crippen LogP contribution in [0.1, 0.15) is 40.5 Å². The number of carbonyl (C=O) groups is 2. The first kappa shape index (κ1) is 18.4. The lowest BCUT2D eigenvalue weighted by Gasteiger charge is -2.08. The van der Waals surface area contributed by atoms with Crippen molar-refractivity contribution < 1.29 is 22.8 Å². The molecule has 1 aromatic heterocycles. The maximum absolute atomic E-state index is 13.6. The van der Waals surface area contributed by atoms with Crippen molar-refractivity contribution in [1.82, 2.24) is 10.3 Å². The van der Waals surface area contributed by atoms with E-state index in [1.807, 2.05) is 6.92 Å². The molecular formula is C17H16F3N3O2. The van der Waals surface area contributed by atoms with Crippen LogP contribution in [0, 0.1) is 17.5 Å². The number of aromatic nitrogens is 1. The summed E-state index contributed by atoms with van der Waals surface area (Å²) in [5.74, 6) is -5.74. The van der Waals surface area contributed by atoms with Crippen molar-refractivity contribution >= 4 is 17.5 Å². The molecule has 1 heterocycles. The van der Waals surface area contributed by atoms with Gasteiger partial charge in [0.15, 0.2) is 17.5 Å². The molecule has 132 valence electrons. The molecule has 2 amide bonds. The molecule has 0 saturated heterocycles. The van der Waals surface area contributed by atoms with Crippen LogP contribution in [0.15, 0.2) is 30.6 Å². The number of unbranched alkanes of at least 4 members (excludes halogenated alkanes) is 1. The Balaban J connectivity index is 2.14. The van der Waals surface area contributed by atoms with Crippen molar-refractivity contribution in [3.05, 3.63) is 59.2 Å². The molecule has 0 spiro atoms. The standard InChI is InChI=1S/C17H16F3N3O2/c1-2-3-6-22-16(24)10-7-11(9-21-8-10)17(25)23-13-5-4-12(18)14(19)15(13)20/h4-5,7-9H,2-3,6H2,1H3,(H,22,24)(H,23,25). The van der Waals surface area contributed by atoms with Crippen molar-refractivity contribution in [1.29, 1.82) is 0 Å². The highest BCUT2D eigenvalue weighted by molar-refractivity contribution is 6.05. The van der Waals surface area contributed by atoms with Crippen LogP contribution < -0.4 is 10.6 Å². The molecule has 0 aliphatic rings. The maximum Gasteiger partial charge on any atom is 0.257 e. The summed E-state index contributed by atoms with van der Waals surface area (Å²) in [7, 11) is 0. The van der Waals surface area contributed by atoms with Gasteiger partial charge in [-0.1, -0.05) is 13.3 Å². The molecule has 0 radical (unpaired) electrons. The highest BCUT2D eigenvalue weighted by Crippen LogP contribution is 2.20. The van der Waals surface area contributed by atoms with Gasteiger partial charge in [-0.05, 0) is 24.6 Å². The van der Waals surface area contributed by atoms with Crippen molar-refractivity contribution in [3.63, 3.8) is 0 Å². The van der Waals surface area contributed by atoms with Gasteiger partial charge in [0.25, 0.3) is 11.8 Å². The Morgan fingerprint density at radius 1 is 1.04 bits per heavy atom. The van der Waals surface area contributed by atoms with Gasteiger partial charge in [-0.15, -0.1) is 0 Å². The zero-order chi connectivity index (χ0) is 18.4. The average molecular weight is 351 g/mol. The smallest absolute Gasteiger partial charge is 0.257 e. The van der Waals surface area contributed by atoms with Gasteiger partial charge in [0.05, 0.1) is 16.8 Å². The number of benzene rings is 1. The molecule has 0 aliphatic carbocycles. The Hall–Kier alpha value is -2.90. The molecule has 2 rings (SSSR count). The highest BCUT2D eigenvalue weighted by atomic mass is 19.2. The molecular weight excluding hydrogens is 335 g/mol. The van der Waals surface area contributed by atoms with Crippen molar-refractivity contribution in [3.8, 4) is 0 Å². The van der Waals surface area contributed by atoms with E-state index in [9.17, 15) is 22.8 Å². The predicted molar refractivity (Wildman–Crippen MR) is 85.7 cm³/mol. The lowest BCUT2D eigenvalue weighted by Crippen LogP contribution is -2.25. The van der Waals surface area contributed by atoms with Gasteiger partial charge >= 0.3 is 0 Å².